The van der Waals surface area contributed by atoms with Gasteiger partial charge in [0.15, 0.2) is 0 Å². The first kappa shape index (κ1) is 9.28. The highest BCUT2D eigenvalue weighted by molar-refractivity contribution is 4.81. The summed E-state index contributed by atoms with van der Waals surface area (Å²) < 4.78 is 34.1. The van der Waals surface area contributed by atoms with Crippen LogP contribution in [0.1, 0.15) is 19.3 Å². The predicted octanol–water partition coefficient (Wildman–Crippen LogP) is 2.45. The van der Waals surface area contributed by atoms with Crippen LogP contribution in [0.15, 0.2) is 0 Å². The van der Waals surface area contributed by atoms with Crippen LogP contribution in [-0.4, -0.2) is 6.18 Å². The maximum Gasteiger partial charge on any atom is 0.389 e. The normalized spacial score (nSPS) is 11.0. The summed E-state index contributed by atoms with van der Waals surface area (Å²) in [6.07, 6.45) is -3.55. The van der Waals surface area contributed by atoms with Gasteiger partial charge in [0, 0.05) is 12.8 Å². The highest BCUT2D eigenvalue weighted by Gasteiger charge is 2.25. The van der Waals surface area contributed by atoms with E-state index in [1.165, 1.54) is 6.42 Å². The van der Waals surface area contributed by atoms with Crippen molar-refractivity contribution in [2.75, 3.05) is 0 Å². The SMILES string of the molecule is N#CC[CH]CCC(F)(F)F. The average Bonchev–Trinajstić information content (AvgIpc) is 1.78. The number of hydrogen-bond acceptors (Lipinski definition) is 1. The second-order valence-electron chi connectivity index (χ2n) is 1.80. The Bertz CT molecular complexity index is 122. The Kier molecular flexibility index (Phi) is 3.85. The molecule has 0 aliphatic heterocycles. The van der Waals surface area contributed by atoms with Gasteiger partial charge in [0.25, 0.3) is 0 Å². The van der Waals surface area contributed by atoms with E-state index < -0.39 is 12.6 Å². The van der Waals surface area contributed by atoms with Crippen LogP contribution in [0.3, 0.4) is 0 Å². The third-order valence-corrected chi connectivity index (χ3v) is 0.868. The van der Waals surface area contributed by atoms with Crippen molar-refractivity contribution >= 4 is 0 Å². The molecule has 0 spiro atoms. The van der Waals surface area contributed by atoms with Crippen LogP contribution >= 0.6 is 0 Å². The summed E-state index contributed by atoms with van der Waals surface area (Å²) in [5.41, 5.74) is 0. The molecular weight excluding hydrogens is 143 g/mol. The molecule has 4 heteroatoms. The molecule has 1 radical (unpaired) electrons. The molecule has 0 saturated heterocycles. The monoisotopic (exact) mass is 150 g/mol. The molecule has 0 bridgehead atoms. The number of unbranched alkanes of at least 4 members (excludes halogenated alkanes) is 2. The number of alkyl halides is 3. The number of nitriles is 1. The van der Waals surface area contributed by atoms with Gasteiger partial charge in [-0.2, -0.15) is 18.4 Å². The van der Waals surface area contributed by atoms with Gasteiger partial charge in [-0.05, 0) is 12.8 Å². The lowest BCUT2D eigenvalue weighted by molar-refractivity contribution is -0.134. The number of hydrogen-bond donors (Lipinski definition) is 0. The molecule has 10 heavy (non-hydrogen) atoms. The van der Waals surface area contributed by atoms with Gasteiger partial charge in [-0.15, -0.1) is 0 Å². The summed E-state index contributed by atoms with van der Waals surface area (Å²) in [4.78, 5) is 0. The molecular formula is C6H7F3N. The maximum atomic E-state index is 11.4. The van der Waals surface area contributed by atoms with Gasteiger partial charge in [-0.25, -0.2) is 0 Å². The van der Waals surface area contributed by atoms with E-state index in [1.807, 2.05) is 0 Å². The van der Waals surface area contributed by atoms with Gasteiger partial charge < -0.3 is 0 Å². The van der Waals surface area contributed by atoms with Gasteiger partial charge in [0.2, 0.25) is 0 Å². The van der Waals surface area contributed by atoms with Crippen molar-refractivity contribution < 1.29 is 13.2 Å². The minimum absolute atomic E-state index is 0.0585. The zero-order chi connectivity index (χ0) is 8.04. The summed E-state index contributed by atoms with van der Waals surface area (Å²) >= 11 is 0. The van der Waals surface area contributed by atoms with Crippen LogP contribution < -0.4 is 0 Å². The molecule has 0 rings (SSSR count). The molecule has 0 aromatic rings. The number of halogens is 3. The number of nitrogens with zero attached hydrogens (tertiary/aromatic N) is 1. The summed E-state index contributed by atoms with van der Waals surface area (Å²) in [6.45, 7) is 0. The number of rotatable bonds is 3. The van der Waals surface area contributed by atoms with E-state index >= 15 is 0 Å². The van der Waals surface area contributed by atoms with Gasteiger partial charge in [-0.3, -0.25) is 0 Å². The van der Waals surface area contributed by atoms with Crippen molar-refractivity contribution in [1.82, 2.24) is 0 Å². The van der Waals surface area contributed by atoms with Crippen LogP contribution in [0, 0.1) is 17.8 Å². The van der Waals surface area contributed by atoms with Crippen LogP contribution in [-0.2, 0) is 0 Å². The first-order chi connectivity index (χ1) is 4.56. The zero-order valence-electron chi connectivity index (χ0n) is 5.28. The Morgan fingerprint density at radius 3 is 2.40 bits per heavy atom. The Morgan fingerprint density at radius 1 is 1.40 bits per heavy atom. The Balaban J connectivity index is 3.14. The van der Waals surface area contributed by atoms with E-state index in [1.54, 1.807) is 6.07 Å². The highest BCUT2D eigenvalue weighted by atomic mass is 19.4. The first-order valence-electron chi connectivity index (χ1n) is 2.81. The maximum absolute atomic E-state index is 11.4. The van der Waals surface area contributed by atoms with Crippen LogP contribution in [0.2, 0.25) is 0 Å². The lowest BCUT2D eigenvalue weighted by Crippen LogP contribution is -2.06. The molecule has 0 unspecified atom stereocenters. The molecule has 1 nitrogen and oxygen atoms in total. The first-order valence-corrected chi connectivity index (χ1v) is 2.81. The minimum atomic E-state index is -4.09. The van der Waals surface area contributed by atoms with E-state index in [-0.39, 0.29) is 12.8 Å². The fraction of sp³-hybridized carbons (Fsp3) is 0.667. The Hall–Kier alpha value is -0.720. The lowest BCUT2D eigenvalue weighted by Gasteiger charge is -2.02. The molecule has 0 aromatic heterocycles. The van der Waals surface area contributed by atoms with Gasteiger partial charge in [0.05, 0.1) is 6.07 Å². The largest absolute Gasteiger partial charge is 0.389 e. The second-order valence-corrected chi connectivity index (χ2v) is 1.80. The lowest BCUT2D eigenvalue weighted by atomic mass is 10.2. The molecule has 0 fully saturated rings. The second kappa shape index (κ2) is 4.15. The molecule has 0 aliphatic rings. The van der Waals surface area contributed by atoms with Gasteiger partial charge in [-0.1, -0.05) is 0 Å². The summed E-state index contributed by atoms with van der Waals surface area (Å²) in [5.74, 6) is 0. The van der Waals surface area contributed by atoms with Crippen molar-refractivity contribution in [2.24, 2.45) is 0 Å². The zero-order valence-corrected chi connectivity index (χ0v) is 5.28. The third kappa shape index (κ3) is 7.28. The van der Waals surface area contributed by atoms with Crippen molar-refractivity contribution in [3.63, 3.8) is 0 Å². The van der Waals surface area contributed by atoms with E-state index in [9.17, 15) is 13.2 Å². The molecule has 0 aromatic carbocycles. The Labute approximate surface area is 57.5 Å². The highest BCUT2D eigenvalue weighted by Crippen LogP contribution is 2.21. The Morgan fingerprint density at radius 2 is 2.00 bits per heavy atom. The predicted molar refractivity (Wildman–Crippen MR) is 29.8 cm³/mol. The van der Waals surface area contributed by atoms with Crippen LogP contribution in [0.4, 0.5) is 13.2 Å². The quantitative estimate of drug-likeness (QED) is 0.567. The molecule has 0 aliphatic carbocycles. The standard InChI is InChI=1S/C6H7F3N/c7-6(8,9)4-2-1-3-5-10/h1H,2-4H2. The summed E-state index contributed by atoms with van der Waals surface area (Å²) in [5, 5.41) is 7.93. The molecule has 0 saturated carbocycles. The van der Waals surface area contributed by atoms with E-state index in [0.29, 0.717) is 0 Å². The smallest absolute Gasteiger partial charge is 0.198 e. The summed E-state index contributed by atoms with van der Waals surface area (Å²) in [7, 11) is 0. The third-order valence-electron chi connectivity index (χ3n) is 0.868. The summed E-state index contributed by atoms with van der Waals surface area (Å²) in [6, 6.07) is 1.73. The minimum Gasteiger partial charge on any atom is -0.198 e. The average molecular weight is 150 g/mol. The molecule has 0 N–H and O–H groups in total. The van der Waals surface area contributed by atoms with Crippen molar-refractivity contribution in [2.45, 2.75) is 25.4 Å². The van der Waals surface area contributed by atoms with E-state index in [0.717, 1.165) is 0 Å². The molecule has 0 heterocycles. The van der Waals surface area contributed by atoms with Crippen molar-refractivity contribution in [3.05, 3.63) is 6.42 Å². The topological polar surface area (TPSA) is 23.8 Å². The van der Waals surface area contributed by atoms with Gasteiger partial charge >= 0.3 is 6.18 Å². The fourth-order valence-corrected chi connectivity index (χ4v) is 0.432. The van der Waals surface area contributed by atoms with E-state index in [4.69, 9.17) is 5.26 Å². The van der Waals surface area contributed by atoms with Gasteiger partial charge in [0.1, 0.15) is 0 Å². The van der Waals surface area contributed by atoms with Crippen LogP contribution in [0.25, 0.3) is 0 Å². The van der Waals surface area contributed by atoms with E-state index in [2.05, 4.69) is 0 Å². The molecule has 0 atom stereocenters. The van der Waals surface area contributed by atoms with Crippen LogP contribution in [0.5, 0.6) is 0 Å². The van der Waals surface area contributed by atoms with Crippen molar-refractivity contribution in [1.29, 1.82) is 5.26 Å². The molecule has 57 valence electrons. The molecule has 0 amide bonds. The van der Waals surface area contributed by atoms with Crippen molar-refractivity contribution in [3.8, 4) is 6.07 Å². The fourth-order valence-electron chi connectivity index (χ4n) is 0.432.